The first-order valence-corrected chi connectivity index (χ1v) is 6.83. The van der Waals surface area contributed by atoms with Crippen LogP contribution in [-0.2, 0) is 19.1 Å². The van der Waals surface area contributed by atoms with Gasteiger partial charge in [-0.15, -0.1) is 0 Å². The predicted molar refractivity (Wildman–Crippen MR) is 72.9 cm³/mol. The number of benzene rings is 1. The molecule has 108 valence electrons. The Morgan fingerprint density at radius 3 is 2.75 bits per heavy atom. The third kappa shape index (κ3) is 3.57. The minimum Gasteiger partial charge on any atom is -0.447 e. The van der Waals surface area contributed by atoms with E-state index in [1.54, 1.807) is 12.1 Å². The number of ether oxygens (including phenoxy) is 2. The van der Waals surface area contributed by atoms with Crippen molar-refractivity contribution in [3.05, 3.63) is 35.9 Å². The average Bonchev–Trinajstić information content (AvgIpc) is 3.00. The molecule has 0 bridgehead atoms. The highest BCUT2D eigenvalue weighted by Crippen LogP contribution is 2.22. The first kappa shape index (κ1) is 14.5. The summed E-state index contributed by atoms with van der Waals surface area (Å²) in [6.07, 6.45) is -0.250. The van der Waals surface area contributed by atoms with E-state index in [9.17, 15) is 9.59 Å². The summed E-state index contributed by atoms with van der Waals surface area (Å²) in [5.74, 6) is -0.941. The number of rotatable bonds is 5. The summed E-state index contributed by atoms with van der Waals surface area (Å²) in [4.78, 5) is 24.1. The van der Waals surface area contributed by atoms with Crippen LogP contribution in [0.3, 0.4) is 0 Å². The van der Waals surface area contributed by atoms with Crippen LogP contribution < -0.4 is 5.32 Å². The third-order valence-electron chi connectivity index (χ3n) is 3.19. The Labute approximate surface area is 118 Å². The standard InChI is InChI=1S/C15H19NO4/c1-2-16-14(17)13(11-6-4-3-5-7-11)20-15(18)12-8-9-19-10-12/h3-7,12-13H,2,8-10H2,1H3,(H,16,17)/t12?,13-/m0/s1. The van der Waals surface area contributed by atoms with Crippen molar-refractivity contribution < 1.29 is 19.1 Å². The minimum absolute atomic E-state index is 0.268. The number of amides is 1. The summed E-state index contributed by atoms with van der Waals surface area (Å²) in [5.41, 5.74) is 0.672. The van der Waals surface area contributed by atoms with Crippen molar-refractivity contribution in [1.29, 1.82) is 0 Å². The molecule has 1 aliphatic rings. The van der Waals surface area contributed by atoms with Crippen molar-refractivity contribution in [3.8, 4) is 0 Å². The van der Waals surface area contributed by atoms with Crippen molar-refractivity contribution in [2.45, 2.75) is 19.4 Å². The molecule has 2 atom stereocenters. The van der Waals surface area contributed by atoms with Gasteiger partial charge >= 0.3 is 5.97 Å². The Morgan fingerprint density at radius 1 is 1.40 bits per heavy atom. The maximum Gasteiger partial charge on any atom is 0.312 e. The van der Waals surface area contributed by atoms with Gasteiger partial charge in [0.2, 0.25) is 6.10 Å². The molecule has 2 rings (SSSR count). The molecular formula is C15H19NO4. The van der Waals surface area contributed by atoms with Crippen molar-refractivity contribution in [1.82, 2.24) is 5.32 Å². The predicted octanol–water partition coefficient (Wildman–Crippen LogP) is 1.44. The molecule has 1 aliphatic heterocycles. The molecule has 1 unspecified atom stereocenters. The highest BCUT2D eigenvalue weighted by Gasteiger charge is 2.30. The van der Waals surface area contributed by atoms with E-state index in [1.807, 2.05) is 25.1 Å². The van der Waals surface area contributed by atoms with Gasteiger partial charge in [0.25, 0.3) is 5.91 Å². The largest absolute Gasteiger partial charge is 0.447 e. The molecule has 5 heteroatoms. The van der Waals surface area contributed by atoms with E-state index in [4.69, 9.17) is 9.47 Å². The third-order valence-corrected chi connectivity index (χ3v) is 3.19. The lowest BCUT2D eigenvalue weighted by molar-refractivity contribution is -0.160. The number of hydrogen-bond acceptors (Lipinski definition) is 4. The lowest BCUT2D eigenvalue weighted by Crippen LogP contribution is -2.33. The zero-order chi connectivity index (χ0) is 14.4. The normalized spacial score (nSPS) is 19.4. The molecule has 1 heterocycles. The molecule has 1 aromatic rings. The van der Waals surface area contributed by atoms with E-state index in [0.29, 0.717) is 31.7 Å². The van der Waals surface area contributed by atoms with Gasteiger partial charge in [0.1, 0.15) is 0 Å². The summed E-state index contributed by atoms with van der Waals surface area (Å²) < 4.78 is 10.6. The molecule has 1 saturated heterocycles. The zero-order valence-electron chi connectivity index (χ0n) is 11.5. The fourth-order valence-electron chi connectivity index (χ4n) is 2.10. The number of carbonyl (C=O) groups excluding carboxylic acids is 2. The Balaban J connectivity index is 2.10. The molecule has 5 nitrogen and oxygen atoms in total. The number of hydrogen-bond donors (Lipinski definition) is 1. The van der Waals surface area contributed by atoms with Gasteiger partial charge in [-0.25, -0.2) is 0 Å². The fraction of sp³-hybridized carbons (Fsp3) is 0.467. The summed E-state index contributed by atoms with van der Waals surface area (Å²) in [5, 5.41) is 2.69. The topological polar surface area (TPSA) is 64.6 Å². The molecular weight excluding hydrogens is 258 g/mol. The molecule has 0 saturated carbocycles. The van der Waals surface area contributed by atoms with Crippen LogP contribution in [0.5, 0.6) is 0 Å². The average molecular weight is 277 g/mol. The van der Waals surface area contributed by atoms with Crippen LogP contribution in [0.2, 0.25) is 0 Å². The highest BCUT2D eigenvalue weighted by molar-refractivity contribution is 5.85. The first-order chi connectivity index (χ1) is 9.72. The minimum atomic E-state index is -0.899. The van der Waals surface area contributed by atoms with E-state index < -0.39 is 6.10 Å². The number of likely N-dealkylation sites (N-methyl/N-ethyl adjacent to an activating group) is 1. The van der Waals surface area contributed by atoms with E-state index in [2.05, 4.69) is 5.32 Å². The summed E-state index contributed by atoms with van der Waals surface area (Å²) in [6.45, 7) is 3.26. The van der Waals surface area contributed by atoms with Crippen LogP contribution in [0, 0.1) is 5.92 Å². The van der Waals surface area contributed by atoms with Crippen LogP contribution in [0.1, 0.15) is 25.0 Å². The number of nitrogens with one attached hydrogen (secondary N) is 1. The van der Waals surface area contributed by atoms with Gasteiger partial charge in [-0.3, -0.25) is 9.59 Å². The van der Waals surface area contributed by atoms with Gasteiger partial charge in [0, 0.05) is 18.7 Å². The molecule has 0 radical (unpaired) electrons. The maximum absolute atomic E-state index is 12.1. The van der Waals surface area contributed by atoms with E-state index >= 15 is 0 Å². The second-order valence-electron chi connectivity index (χ2n) is 4.68. The Hall–Kier alpha value is -1.88. The summed E-state index contributed by atoms with van der Waals surface area (Å²) in [6, 6.07) is 9.03. The molecule has 1 amide bonds. The molecule has 0 aliphatic carbocycles. The van der Waals surface area contributed by atoms with Crippen molar-refractivity contribution in [2.24, 2.45) is 5.92 Å². The van der Waals surface area contributed by atoms with Gasteiger partial charge < -0.3 is 14.8 Å². The molecule has 20 heavy (non-hydrogen) atoms. The van der Waals surface area contributed by atoms with Crippen molar-refractivity contribution in [2.75, 3.05) is 19.8 Å². The second-order valence-corrected chi connectivity index (χ2v) is 4.68. The van der Waals surface area contributed by atoms with E-state index in [0.717, 1.165) is 0 Å². The van der Waals surface area contributed by atoms with Gasteiger partial charge in [0.05, 0.1) is 12.5 Å². The van der Waals surface area contributed by atoms with Crippen molar-refractivity contribution in [3.63, 3.8) is 0 Å². The van der Waals surface area contributed by atoms with Crippen LogP contribution in [-0.4, -0.2) is 31.6 Å². The van der Waals surface area contributed by atoms with Gasteiger partial charge in [0.15, 0.2) is 0 Å². The number of esters is 1. The maximum atomic E-state index is 12.1. The molecule has 1 aromatic carbocycles. The van der Waals surface area contributed by atoms with Gasteiger partial charge in [-0.1, -0.05) is 30.3 Å². The van der Waals surface area contributed by atoms with Gasteiger partial charge in [-0.05, 0) is 13.3 Å². The van der Waals surface area contributed by atoms with Crippen LogP contribution >= 0.6 is 0 Å². The lowest BCUT2D eigenvalue weighted by atomic mass is 10.1. The lowest BCUT2D eigenvalue weighted by Gasteiger charge is -2.19. The SMILES string of the molecule is CCNC(=O)[C@@H](OC(=O)C1CCOC1)c1ccccc1. The smallest absolute Gasteiger partial charge is 0.312 e. The molecule has 0 spiro atoms. The molecule has 1 N–H and O–H groups in total. The zero-order valence-corrected chi connectivity index (χ0v) is 11.5. The highest BCUT2D eigenvalue weighted by atomic mass is 16.6. The number of carbonyl (C=O) groups is 2. The first-order valence-electron chi connectivity index (χ1n) is 6.83. The van der Waals surface area contributed by atoms with Crippen LogP contribution in [0.15, 0.2) is 30.3 Å². The van der Waals surface area contributed by atoms with E-state index in [1.165, 1.54) is 0 Å². The Bertz CT molecular complexity index is 454. The quantitative estimate of drug-likeness (QED) is 0.827. The Morgan fingerprint density at radius 2 is 2.15 bits per heavy atom. The van der Waals surface area contributed by atoms with Crippen molar-refractivity contribution >= 4 is 11.9 Å². The summed E-state index contributed by atoms with van der Waals surface area (Å²) >= 11 is 0. The fourth-order valence-corrected chi connectivity index (χ4v) is 2.10. The van der Waals surface area contributed by atoms with Crippen LogP contribution in [0.4, 0.5) is 0 Å². The van der Waals surface area contributed by atoms with Crippen LogP contribution in [0.25, 0.3) is 0 Å². The van der Waals surface area contributed by atoms with Gasteiger partial charge in [-0.2, -0.15) is 0 Å². The molecule has 1 fully saturated rings. The molecule has 0 aromatic heterocycles. The monoisotopic (exact) mass is 277 g/mol. The second kappa shape index (κ2) is 7.05. The van der Waals surface area contributed by atoms with E-state index in [-0.39, 0.29) is 17.8 Å². The Kier molecular flexibility index (Phi) is 5.12. The summed E-state index contributed by atoms with van der Waals surface area (Å²) in [7, 11) is 0.